The molecule has 1 amide bonds. The molecule has 6 nitrogen and oxygen atoms in total. The van der Waals surface area contributed by atoms with E-state index in [2.05, 4.69) is 55.6 Å². The van der Waals surface area contributed by atoms with Crippen LogP contribution in [0.2, 0.25) is 0 Å². The molecule has 0 aromatic carbocycles. The van der Waals surface area contributed by atoms with Crippen LogP contribution in [-0.4, -0.2) is 47.4 Å². The summed E-state index contributed by atoms with van der Waals surface area (Å²) >= 11 is 0. The van der Waals surface area contributed by atoms with Crippen molar-refractivity contribution in [2.24, 2.45) is 0 Å². The number of aliphatic hydroxyl groups excluding tert-OH is 2. The standard InChI is InChI=1S/C82H157NO5/c1-3-5-7-9-11-13-15-17-19-21-44-48-52-56-60-64-68-72-76-82(87)88-77-73-69-65-61-57-53-49-45-42-40-38-36-34-32-30-28-26-24-22-23-25-27-29-31-33-35-37-39-41-43-47-51-55-59-63-67-71-75-81(86)83-79(78-84)80(85)74-70-66-62-58-54-50-46-20-18-16-14-12-10-8-6-4-2/h19,21-22,24,28,30,79-80,84-85H,3-18,20,23,25-27,29,31-78H2,1-2H3,(H,83,86)/b21-19-,24-22-,30-28-. The predicted molar refractivity (Wildman–Crippen MR) is 389 cm³/mol. The Balaban J connectivity index is 3.35. The number of carbonyl (C=O) groups excluding carboxylic acids is 2. The predicted octanol–water partition coefficient (Wildman–Crippen LogP) is 26.6. The molecule has 2 unspecified atom stereocenters. The van der Waals surface area contributed by atoms with Crippen LogP contribution >= 0.6 is 0 Å². The Labute approximate surface area is 551 Å². The third-order valence-corrected chi connectivity index (χ3v) is 18.9. The summed E-state index contributed by atoms with van der Waals surface area (Å²) in [7, 11) is 0. The molecule has 0 bridgehead atoms. The molecule has 0 radical (unpaired) electrons. The van der Waals surface area contributed by atoms with Crippen LogP contribution in [0.15, 0.2) is 36.5 Å². The Morgan fingerprint density at radius 2 is 0.568 bits per heavy atom. The second-order valence-corrected chi connectivity index (χ2v) is 27.7. The molecule has 0 aromatic rings. The highest BCUT2D eigenvalue weighted by atomic mass is 16.5. The molecule has 0 aromatic heterocycles. The molecule has 0 rings (SSSR count). The minimum atomic E-state index is -0.663. The van der Waals surface area contributed by atoms with Gasteiger partial charge in [0.25, 0.3) is 0 Å². The number of hydrogen-bond donors (Lipinski definition) is 3. The number of allylic oxidation sites excluding steroid dienone is 6. The van der Waals surface area contributed by atoms with Gasteiger partial charge in [-0.1, -0.05) is 391 Å². The fraction of sp³-hybridized carbons (Fsp3) is 0.902. The minimum absolute atomic E-state index is 0.0166. The lowest BCUT2D eigenvalue weighted by atomic mass is 10.0. The number of nitrogens with one attached hydrogen (secondary N) is 1. The smallest absolute Gasteiger partial charge is 0.305 e. The van der Waals surface area contributed by atoms with Crippen molar-refractivity contribution in [1.29, 1.82) is 0 Å². The van der Waals surface area contributed by atoms with Crippen molar-refractivity contribution in [3.8, 4) is 0 Å². The number of hydrogen-bond acceptors (Lipinski definition) is 5. The SMILES string of the molecule is CCCCCCCCC/C=C\CCCCCCCCCC(=O)OCCCCCCCCCCCCCCC/C=C\C/C=C\CCCCCCCCCCCCCCCCCCCC(=O)NC(CO)C(O)CCCCCCCCCCCCCCCCCC. The maximum atomic E-state index is 12.5. The molecule has 0 fully saturated rings. The summed E-state index contributed by atoms with van der Waals surface area (Å²) in [4.78, 5) is 24.6. The Hall–Kier alpha value is -1.92. The quantitative estimate of drug-likeness (QED) is 0.0320. The Bertz CT molecular complexity index is 1430. The van der Waals surface area contributed by atoms with E-state index in [9.17, 15) is 19.8 Å². The Morgan fingerprint density at radius 1 is 0.318 bits per heavy atom. The summed E-state index contributed by atoms with van der Waals surface area (Å²) in [6.45, 7) is 4.99. The highest BCUT2D eigenvalue weighted by Gasteiger charge is 2.20. The zero-order valence-electron chi connectivity index (χ0n) is 59.7. The van der Waals surface area contributed by atoms with Crippen LogP contribution in [0.3, 0.4) is 0 Å². The number of unbranched alkanes of at least 4 members (excludes halogenated alkanes) is 59. The van der Waals surface area contributed by atoms with Gasteiger partial charge in [0, 0.05) is 12.8 Å². The number of aliphatic hydroxyl groups is 2. The van der Waals surface area contributed by atoms with Gasteiger partial charge in [-0.3, -0.25) is 9.59 Å². The first kappa shape index (κ1) is 86.1. The van der Waals surface area contributed by atoms with Gasteiger partial charge in [-0.2, -0.15) is 0 Å². The lowest BCUT2D eigenvalue weighted by Crippen LogP contribution is -2.45. The highest BCUT2D eigenvalue weighted by Crippen LogP contribution is 2.20. The molecule has 3 N–H and O–H groups in total. The van der Waals surface area contributed by atoms with Crippen LogP contribution in [0.1, 0.15) is 450 Å². The summed E-state index contributed by atoms with van der Waals surface area (Å²) in [5.74, 6) is -0.0120. The Kier molecular flexibility index (Phi) is 75.8. The van der Waals surface area contributed by atoms with E-state index in [1.54, 1.807) is 0 Å². The van der Waals surface area contributed by atoms with Gasteiger partial charge in [-0.25, -0.2) is 0 Å². The molecule has 0 aliphatic heterocycles. The van der Waals surface area contributed by atoms with Gasteiger partial charge < -0.3 is 20.3 Å². The normalized spacial score (nSPS) is 12.6. The molecule has 6 heteroatoms. The third kappa shape index (κ3) is 73.1. The van der Waals surface area contributed by atoms with Crippen molar-refractivity contribution in [3.05, 3.63) is 36.5 Å². The summed E-state index contributed by atoms with van der Waals surface area (Å²) in [6, 6.07) is -0.540. The molecular formula is C82H157NO5. The topological polar surface area (TPSA) is 95.9 Å². The fourth-order valence-corrected chi connectivity index (χ4v) is 12.8. The highest BCUT2D eigenvalue weighted by molar-refractivity contribution is 5.76. The number of esters is 1. The first-order chi connectivity index (χ1) is 43.5. The Morgan fingerprint density at radius 3 is 0.875 bits per heavy atom. The zero-order valence-corrected chi connectivity index (χ0v) is 59.7. The van der Waals surface area contributed by atoms with Crippen molar-refractivity contribution >= 4 is 11.9 Å². The van der Waals surface area contributed by atoms with Gasteiger partial charge in [-0.15, -0.1) is 0 Å². The average Bonchev–Trinajstić information content (AvgIpc) is 3.59. The van der Waals surface area contributed by atoms with Gasteiger partial charge in [-0.05, 0) is 83.5 Å². The molecule has 0 saturated carbocycles. The van der Waals surface area contributed by atoms with Crippen molar-refractivity contribution in [2.75, 3.05) is 13.2 Å². The van der Waals surface area contributed by atoms with E-state index in [-0.39, 0.29) is 18.5 Å². The van der Waals surface area contributed by atoms with Crippen molar-refractivity contribution in [2.45, 2.75) is 463 Å². The van der Waals surface area contributed by atoms with Gasteiger partial charge in [0.05, 0.1) is 25.4 Å². The summed E-state index contributed by atoms with van der Waals surface area (Å²) in [5.41, 5.74) is 0. The van der Waals surface area contributed by atoms with Crippen molar-refractivity contribution in [1.82, 2.24) is 5.32 Å². The largest absolute Gasteiger partial charge is 0.466 e. The van der Waals surface area contributed by atoms with Gasteiger partial charge in [0.15, 0.2) is 0 Å². The van der Waals surface area contributed by atoms with Crippen LogP contribution in [0.4, 0.5) is 0 Å². The first-order valence-electron chi connectivity index (χ1n) is 40.2. The van der Waals surface area contributed by atoms with E-state index < -0.39 is 12.1 Å². The number of ether oxygens (including phenoxy) is 1. The second kappa shape index (κ2) is 77.5. The molecular weight excluding hydrogens is 1080 g/mol. The monoisotopic (exact) mass is 1240 g/mol. The van der Waals surface area contributed by atoms with E-state index in [4.69, 9.17) is 4.74 Å². The number of carbonyl (C=O) groups is 2. The molecule has 520 valence electrons. The molecule has 0 spiro atoms. The molecule has 88 heavy (non-hydrogen) atoms. The minimum Gasteiger partial charge on any atom is -0.466 e. The fourth-order valence-electron chi connectivity index (χ4n) is 12.8. The van der Waals surface area contributed by atoms with E-state index in [1.807, 2.05) is 0 Å². The van der Waals surface area contributed by atoms with E-state index >= 15 is 0 Å². The lowest BCUT2D eigenvalue weighted by molar-refractivity contribution is -0.143. The van der Waals surface area contributed by atoms with Gasteiger partial charge >= 0.3 is 5.97 Å². The summed E-state index contributed by atoms with van der Waals surface area (Å²) < 4.78 is 5.51. The maximum Gasteiger partial charge on any atom is 0.305 e. The zero-order chi connectivity index (χ0) is 63.5. The van der Waals surface area contributed by atoms with E-state index in [0.29, 0.717) is 25.9 Å². The third-order valence-electron chi connectivity index (χ3n) is 18.9. The first-order valence-corrected chi connectivity index (χ1v) is 40.2. The van der Waals surface area contributed by atoms with Crippen LogP contribution in [0.5, 0.6) is 0 Å². The molecule has 0 aliphatic carbocycles. The van der Waals surface area contributed by atoms with Gasteiger partial charge in [0.2, 0.25) is 5.91 Å². The molecule has 2 atom stereocenters. The lowest BCUT2D eigenvalue weighted by Gasteiger charge is -2.22. The van der Waals surface area contributed by atoms with Crippen molar-refractivity contribution < 1.29 is 24.5 Å². The number of rotatable bonds is 76. The van der Waals surface area contributed by atoms with Crippen LogP contribution in [-0.2, 0) is 14.3 Å². The maximum absolute atomic E-state index is 12.5. The van der Waals surface area contributed by atoms with Crippen LogP contribution < -0.4 is 5.32 Å². The summed E-state index contributed by atoms with van der Waals surface area (Å²) in [5, 5.41) is 23.4. The average molecular weight is 1240 g/mol. The van der Waals surface area contributed by atoms with Crippen LogP contribution in [0.25, 0.3) is 0 Å². The van der Waals surface area contributed by atoms with E-state index in [1.165, 1.54) is 366 Å². The summed E-state index contributed by atoms with van der Waals surface area (Å²) in [6.07, 6.45) is 101. The van der Waals surface area contributed by atoms with Crippen molar-refractivity contribution in [3.63, 3.8) is 0 Å². The van der Waals surface area contributed by atoms with Gasteiger partial charge in [0.1, 0.15) is 0 Å². The number of amides is 1. The molecule has 0 heterocycles. The van der Waals surface area contributed by atoms with Crippen LogP contribution in [0, 0.1) is 0 Å². The molecule has 0 saturated heterocycles. The molecule has 0 aliphatic rings. The second-order valence-electron chi connectivity index (χ2n) is 27.7. The van der Waals surface area contributed by atoms with E-state index in [0.717, 1.165) is 51.4 Å².